The molecule has 1 aliphatic heterocycles. The fourth-order valence-electron chi connectivity index (χ4n) is 4.31. The molecule has 0 unspecified atom stereocenters. The number of rotatable bonds is 8. The Hall–Kier alpha value is -2.86. The molecule has 36 heavy (non-hydrogen) atoms. The van der Waals surface area contributed by atoms with E-state index in [2.05, 4.69) is 4.98 Å². The van der Waals surface area contributed by atoms with Crippen molar-refractivity contribution >= 4 is 54.0 Å². The summed E-state index contributed by atoms with van der Waals surface area (Å²) >= 11 is 2.67. The van der Waals surface area contributed by atoms with Gasteiger partial charge in [-0.25, -0.2) is 13.4 Å². The number of thiazole rings is 1. The molecule has 0 spiro atoms. The molecule has 1 saturated heterocycles. The summed E-state index contributed by atoms with van der Waals surface area (Å²) in [5.41, 5.74) is 1.68. The first-order valence-corrected chi connectivity index (χ1v) is 14.9. The zero-order valence-electron chi connectivity index (χ0n) is 19.7. The van der Waals surface area contributed by atoms with Gasteiger partial charge in [0.05, 0.1) is 17.9 Å². The summed E-state index contributed by atoms with van der Waals surface area (Å²) in [6, 6.07) is 12.9. The maximum atomic E-state index is 13.9. The van der Waals surface area contributed by atoms with Gasteiger partial charge in [0, 0.05) is 31.4 Å². The van der Waals surface area contributed by atoms with E-state index in [9.17, 15) is 13.2 Å². The normalized spacial score (nSPS) is 15.2. The lowest BCUT2D eigenvalue weighted by molar-refractivity contribution is -0.123. The zero-order chi connectivity index (χ0) is 25.1. The highest BCUT2D eigenvalue weighted by Crippen LogP contribution is 2.36. The van der Waals surface area contributed by atoms with Crippen molar-refractivity contribution in [3.63, 3.8) is 0 Å². The third-order valence-electron chi connectivity index (χ3n) is 6.15. The van der Waals surface area contributed by atoms with Gasteiger partial charge in [-0.3, -0.25) is 14.7 Å². The molecule has 188 valence electrons. The number of para-hydroxylation sites is 1. The Bertz CT molecular complexity index is 1430. The predicted octanol–water partition coefficient (Wildman–Crippen LogP) is 4.79. The van der Waals surface area contributed by atoms with Crippen LogP contribution < -0.4 is 9.64 Å². The van der Waals surface area contributed by atoms with Gasteiger partial charge in [0.2, 0.25) is 5.91 Å². The Kier molecular flexibility index (Phi) is 7.33. The first kappa shape index (κ1) is 24.8. The molecule has 1 amide bonds. The summed E-state index contributed by atoms with van der Waals surface area (Å²) in [7, 11) is -3.52. The van der Waals surface area contributed by atoms with Crippen LogP contribution in [0.5, 0.6) is 5.75 Å². The fraction of sp³-hybridized carbons (Fsp3) is 0.320. The van der Waals surface area contributed by atoms with Crippen LogP contribution in [0.1, 0.15) is 25.3 Å². The van der Waals surface area contributed by atoms with Crippen molar-refractivity contribution in [3.05, 3.63) is 65.8 Å². The molecule has 4 heterocycles. The molecule has 3 aromatic heterocycles. The van der Waals surface area contributed by atoms with E-state index in [0.29, 0.717) is 54.2 Å². The molecule has 1 fully saturated rings. The Morgan fingerprint density at radius 2 is 1.92 bits per heavy atom. The number of hydrogen-bond donors (Lipinski definition) is 0. The number of sulfonamides is 1. The average Bonchev–Trinajstić information content (AvgIpc) is 3.59. The van der Waals surface area contributed by atoms with Crippen LogP contribution in [0.4, 0.5) is 5.13 Å². The second kappa shape index (κ2) is 10.6. The van der Waals surface area contributed by atoms with Gasteiger partial charge in [-0.15, -0.1) is 11.3 Å². The van der Waals surface area contributed by atoms with Crippen molar-refractivity contribution < 1.29 is 17.9 Å². The van der Waals surface area contributed by atoms with E-state index in [0.717, 1.165) is 15.8 Å². The number of aromatic nitrogens is 2. The molecule has 4 aromatic rings. The van der Waals surface area contributed by atoms with Gasteiger partial charge in [0.25, 0.3) is 10.0 Å². The molecule has 0 aliphatic carbocycles. The fourth-order valence-corrected chi connectivity index (χ4v) is 7.91. The minimum atomic E-state index is -3.52. The number of hydrogen-bond acceptors (Lipinski definition) is 8. The number of pyridine rings is 1. The predicted molar refractivity (Wildman–Crippen MR) is 142 cm³/mol. The topological polar surface area (TPSA) is 92.7 Å². The molecule has 8 nitrogen and oxygen atoms in total. The first-order valence-electron chi connectivity index (χ1n) is 11.7. The number of thiophene rings is 1. The van der Waals surface area contributed by atoms with E-state index in [1.807, 2.05) is 37.3 Å². The van der Waals surface area contributed by atoms with Crippen LogP contribution in [0, 0.1) is 5.92 Å². The highest BCUT2D eigenvalue weighted by molar-refractivity contribution is 7.91. The largest absolute Gasteiger partial charge is 0.492 e. The monoisotopic (exact) mass is 542 g/mol. The summed E-state index contributed by atoms with van der Waals surface area (Å²) < 4.78 is 34.4. The highest BCUT2D eigenvalue weighted by atomic mass is 32.2. The summed E-state index contributed by atoms with van der Waals surface area (Å²) in [6.07, 6.45) is 4.34. The van der Waals surface area contributed by atoms with Crippen LogP contribution in [0.25, 0.3) is 10.2 Å². The lowest BCUT2D eigenvalue weighted by Gasteiger charge is -2.32. The van der Waals surface area contributed by atoms with Crippen LogP contribution in [-0.2, 0) is 21.4 Å². The Morgan fingerprint density at radius 1 is 1.14 bits per heavy atom. The first-order chi connectivity index (χ1) is 17.5. The van der Waals surface area contributed by atoms with E-state index in [1.54, 1.807) is 34.8 Å². The lowest BCUT2D eigenvalue weighted by atomic mass is 9.96. The smallest absolute Gasteiger partial charge is 0.252 e. The molecular weight excluding hydrogens is 517 g/mol. The molecular formula is C25H26N4O4S3. The maximum absolute atomic E-state index is 13.9. The van der Waals surface area contributed by atoms with Crippen molar-refractivity contribution in [1.82, 2.24) is 14.3 Å². The van der Waals surface area contributed by atoms with E-state index in [4.69, 9.17) is 9.72 Å². The molecule has 0 bridgehead atoms. The molecule has 0 radical (unpaired) electrons. The Balaban J connectivity index is 1.40. The van der Waals surface area contributed by atoms with Crippen LogP contribution in [0.3, 0.4) is 0 Å². The Morgan fingerprint density at radius 3 is 2.61 bits per heavy atom. The van der Waals surface area contributed by atoms with Crippen LogP contribution >= 0.6 is 22.7 Å². The number of benzene rings is 1. The number of anilines is 1. The number of amides is 1. The van der Waals surface area contributed by atoms with Gasteiger partial charge in [-0.1, -0.05) is 23.5 Å². The third-order valence-corrected chi connectivity index (χ3v) is 10.5. The van der Waals surface area contributed by atoms with Gasteiger partial charge in [0.15, 0.2) is 5.13 Å². The summed E-state index contributed by atoms with van der Waals surface area (Å²) in [4.78, 5) is 24.5. The van der Waals surface area contributed by atoms with Gasteiger partial charge in [-0.05, 0) is 61.0 Å². The SMILES string of the molecule is CCOc1cccc2sc(N(Cc3ccncc3)C(=O)C3CCN(S(=O)(=O)c4cccs4)CC3)nc12. The van der Waals surface area contributed by atoms with E-state index < -0.39 is 10.0 Å². The standard InChI is InChI=1S/C25H26N4O4S3/c1-2-33-20-5-3-6-21-23(20)27-25(35-21)29(17-18-8-12-26-13-9-18)24(30)19-10-14-28(15-11-19)36(31,32)22-7-4-16-34-22/h3-9,12-13,16,19H,2,10-11,14-15,17H2,1H3. The minimum Gasteiger partial charge on any atom is -0.492 e. The summed E-state index contributed by atoms with van der Waals surface area (Å²) in [5.74, 6) is 0.359. The summed E-state index contributed by atoms with van der Waals surface area (Å²) in [6.45, 7) is 3.44. The number of carbonyl (C=O) groups is 1. The van der Waals surface area contributed by atoms with Crippen LogP contribution in [0.15, 0.2) is 64.4 Å². The van der Waals surface area contributed by atoms with Gasteiger partial charge in [-0.2, -0.15) is 4.31 Å². The minimum absolute atomic E-state index is 0.0444. The van der Waals surface area contributed by atoms with E-state index >= 15 is 0 Å². The second-order valence-corrected chi connectivity index (χ2v) is 12.5. The second-order valence-electron chi connectivity index (χ2n) is 8.42. The van der Waals surface area contributed by atoms with Crippen molar-refractivity contribution in [2.45, 2.75) is 30.5 Å². The Labute approximate surface area is 218 Å². The number of piperidine rings is 1. The third kappa shape index (κ3) is 5.01. The van der Waals surface area contributed by atoms with Gasteiger partial charge >= 0.3 is 0 Å². The molecule has 0 saturated carbocycles. The number of carbonyl (C=O) groups excluding carboxylic acids is 1. The molecule has 1 aliphatic rings. The van der Waals surface area contributed by atoms with E-state index in [-0.39, 0.29) is 11.8 Å². The molecule has 0 atom stereocenters. The van der Waals surface area contributed by atoms with Gasteiger partial charge in [0.1, 0.15) is 15.5 Å². The quantitative estimate of drug-likeness (QED) is 0.318. The van der Waals surface area contributed by atoms with Crippen molar-refractivity contribution in [3.8, 4) is 5.75 Å². The van der Waals surface area contributed by atoms with E-state index in [1.165, 1.54) is 27.0 Å². The number of nitrogens with zero attached hydrogens (tertiary/aromatic N) is 4. The number of ether oxygens (including phenoxy) is 1. The van der Waals surface area contributed by atoms with Crippen molar-refractivity contribution in [1.29, 1.82) is 0 Å². The van der Waals surface area contributed by atoms with Crippen LogP contribution in [-0.4, -0.2) is 48.3 Å². The maximum Gasteiger partial charge on any atom is 0.252 e. The number of fused-ring (bicyclic) bond motifs is 1. The molecule has 1 aromatic carbocycles. The van der Waals surface area contributed by atoms with Crippen molar-refractivity contribution in [2.24, 2.45) is 5.92 Å². The average molecular weight is 543 g/mol. The molecule has 11 heteroatoms. The summed E-state index contributed by atoms with van der Waals surface area (Å²) in [5, 5.41) is 2.36. The molecule has 0 N–H and O–H groups in total. The van der Waals surface area contributed by atoms with Crippen molar-refractivity contribution in [2.75, 3.05) is 24.6 Å². The van der Waals surface area contributed by atoms with Crippen LogP contribution in [0.2, 0.25) is 0 Å². The van der Waals surface area contributed by atoms with Gasteiger partial charge < -0.3 is 4.74 Å². The highest BCUT2D eigenvalue weighted by Gasteiger charge is 2.35. The zero-order valence-corrected chi connectivity index (χ0v) is 22.2. The molecule has 5 rings (SSSR count). The lowest BCUT2D eigenvalue weighted by Crippen LogP contribution is -2.44.